The maximum absolute atomic E-state index is 12.0. The van der Waals surface area contributed by atoms with E-state index >= 15 is 0 Å². The van der Waals surface area contributed by atoms with Crippen molar-refractivity contribution in [3.05, 3.63) is 22.7 Å². The van der Waals surface area contributed by atoms with Gasteiger partial charge in [0.2, 0.25) is 0 Å². The summed E-state index contributed by atoms with van der Waals surface area (Å²) in [7, 11) is -3.21. The highest BCUT2D eigenvalue weighted by Crippen LogP contribution is 2.26. The summed E-state index contributed by atoms with van der Waals surface area (Å²) >= 11 is 3.23. The number of rotatable bonds is 4. The average molecular weight is 306 g/mol. The molecule has 0 unspecified atom stereocenters. The van der Waals surface area contributed by atoms with Crippen molar-refractivity contribution in [2.45, 2.75) is 25.2 Å². The molecule has 90 valence electrons. The van der Waals surface area contributed by atoms with E-state index in [1.54, 1.807) is 18.2 Å². The van der Waals surface area contributed by atoms with Crippen LogP contribution >= 0.6 is 15.9 Å². The second-order valence-corrected chi connectivity index (χ2v) is 7.12. The largest absolute Gasteiger partial charge is 0.399 e. The van der Waals surface area contributed by atoms with Crippen LogP contribution in [0, 0.1) is 5.92 Å². The Morgan fingerprint density at radius 3 is 2.50 bits per heavy atom. The highest BCUT2D eigenvalue weighted by Gasteiger charge is 2.18. The Hall–Kier alpha value is -0.550. The lowest BCUT2D eigenvalue weighted by Gasteiger charge is -2.08. The van der Waals surface area contributed by atoms with Gasteiger partial charge in [-0.3, -0.25) is 0 Å². The van der Waals surface area contributed by atoms with Gasteiger partial charge in [-0.1, -0.05) is 13.8 Å². The molecule has 0 spiro atoms. The molecule has 0 saturated heterocycles. The molecule has 0 saturated carbocycles. The first-order valence-corrected chi connectivity index (χ1v) is 7.55. The maximum atomic E-state index is 12.0. The molecule has 0 aliphatic rings. The van der Waals surface area contributed by atoms with Crippen molar-refractivity contribution in [3.8, 4) is 0 Å². The molecule has 1 rings (SSSR count). The number of nitrogens with two attached hydrogens (primary N) is 1. The quantitative estimate of drug-likeness (QED) is 0.870. The second-order valence-electron chi connectivity index (χ2n) is 4.19. The smallest absolute Gasteiger partial charge is 0.179 e. The Kier molecular flexibility index (Phi) is 4.38. The number of hydrogen-bond donors (Lipinski definition) is 1. The summed E-state index contributed by atoms with van der Waals surface area (Å²) in [5, 5.41) is 0. The van der Waals surface area contributed by atoms with Gasteiger partial charge in [-0.2, -0.15) is 0 Å². The van der Waals surface area contributed by atoms with Gasteiger partial charge in [0.05, 0.1) is 10.6 Å². The molecule has 0 aliphatic heterocycles. The van der Waals surface area contributed by atoms with E-state index in [-0.39, 0.29) is 5.75 Å². The molecule has 2 N–H and O–H groups in total. The second kappa shape index (κ2) is 5.19. The van der Waals surface area contributed by atoms with Gasteiger partial charge in [-0.05, 0) is 46.5 Å². The van der Waals surface area contributed by atoms with E-state index in [1.807, 2.05) is 13.8 Å². The van der Waals surface area contributed by atoms with Gasteiger partial charge in [0.1, 0.15) is 0 Å². The Labute approximate surface area is 105 Å². The van der Waals surface area contributed by atoms with Gasteiger partial charge in [0.15, 0.2) is 9.84 Å². The fourth-order valence-electron chi connectivity index (χ4n) is 1.27. The first kappa shape index (κ1) is 13.5. The highest BCUT2D eigenvalue weighted by molar-refractivity contribution is 9.10. The van der Waals surface area contributed by atoms with Gasteiger partial charge in [-0.15, -0.1) is 0 Å². The number of hydrogen-bond acceptors (Lipinski definition) is 3. The SMILES string of the molecule is CC(C)CCS(=O)(=O)c1ccc(N)cc1Br. The molecular weight excluding hydrogens is 290 g/mol. The standard InChI is InChI=1S/C11H16BrNO2S/c1-8(2)5-6-16(14,15)11-4-3-9(13)7-10(11)12/h3-4,7-8H,5-6,13H2,1-2H3. The summed E-state index contributed by atoms with van der Waals surface area (Å²) in [6.07, 6.45) is 0.666. The molecule has 16 heavy (non-hydrogen) atoms. The molecule has 0 aromatic heterocycles. The van der Waals surface area contributed by atoms with Crippen molar-refractivity contribution in [1.82, 2.24) is 0 Å². The van der Waals surface area contributed by atoms with Crippen molar-refractivity contribution in [2.75, 3.05) is 11.5 Å². The third-order valence-electron chi connectivity index (χ3n) is 2.25. The predicted molar refractivity (Wildman–Crippen MR) is 70.1 cm³/mol. The molecule has 5 heteroatoms. The monoisotopic (exact) mass is 305 g/mol. The molecule has 1 aromatic carbocycles. The highest BCUT2D eigenvalue weighted by atomic mass is 79.9. The van der Waals surface area contributed by atoms with E-state index in [0.29, 0.717) is 27.4 Å². The summed E-state index contributed by atoms with van der Waals surface area (Å²) in [6, 6.07) is 4.77. The van der Waals surface area contributed by atoms with E-state index in [9.17, 15) is 8.42 Å². The third-order valence-corrected chi connectivity index (χ3v) is 4.97. The van der Waals surface area contributed by atoms with Gasteiger partial charge < -0.3 is 5.73 Å². The normalized spacial score (nSPS) is 12.0. The summed E-state index contributed by atoms with van der Waals surface area (Å²) in [5.74, 6) is 0.551. The molecule has 0 fully saturated rings. The topological polar surface area (TPSA) is 60.2 Å². The van der Waals surface area contributed by atoms with Crippen LogP contribution in [0.1, 0.15) is 20.3 Å². The maximum Gasteiger partial charge on any atom is 0.179 e. The number of halogens is 1. The van der Waals surface area contributed by atoms with Gasteiger partial charge in [-0.25, -0.2) is 8.42 Å². The van der Waals surface area contributed by atoms with E-state index in [2.05, 4.69) is 15.9 Å². The number of benzene rings is 1. The molecule has 1 aromatic rings. The Morgan fingerprint density at radius 2 is 2.00 bits per heavy atom. The lowest BCUT2D eigenvalue weighted by Crippen LogP contribution is -2.10. The Balaban J connectivity index is 2.99. The zero-order valence-electron chi connectivity index (χ0n) is 9.40. The first-order valence-electron chi connectivity index (χ1n) is 5.10. The van der Waals surface area contributed by atoms with Crippen molar-refractivity contribution in [3.63, 3.8) is 0 Å². The minimum Gasteiger partial charge on any atom is -0.399 e. The Morgan fingerprint density at radius 1 is 1.38 bits per heavy atom. The summed E-state index contributed by atoms with van der Waals surface area (Å²) < 4.78 is 24.5. The summed E-state index contributed by atoms with van der Waals surface area (Å²) in [6.45, 7) is 4.01. The lowest BCUT2D eigenvalue weighted by atomic mass is 10.2. The van der Waals surface area contributed by atoms with Crippen molar-refractivity contribution in [2.24, 2.45) is 5.92 Å². The van der Waals surface area contributed by atoms with Crippen LogP contribution in [0.25, 0.3) is 0 Å². The zero-order valence-corrected chi connectivity index (χ0v) is 11.8. The van der Waals surface area contributed by atoms with Crippen LogP contribution in [-0.2, 0) is 9.84 Å². The number of anilines is 1. The molecule has 0 atom stereocenters. The van der Waals surface area contributed by atoms with Gasteiger partial charge in [0, 0.05) is 10.2 Å². The fraction of sp³-hybridized carbons (Fsp3) is 0.455. The van der Waals surface area contributed by atoms with Crippen LogP contribution in [0.5, 0.6) is 0 Å². The fourth-order valence-corrected chi connectivity index (χ4v) is 4.04. The van der Waals surface area contributed by atoms with Crippen LogP contribution < -0.4 is 5.73 Å². The molecule has 0 radical (unpaired) electrons. The van der Waals surface area contributed by atoms with Crippen molar-refractivity contribution in [1.29, 1.82) is 0 Å². The van der Waals surface area contributed by atoms with Crippen LogP contribution in [0.15, 0.2) is 27.6 Å². The Bertz CT molecular complexity index is 469. The van der Waals surface area contributed by atoms with Crippen molar-refractivity contribution < 1.29 is 8.42 Å². The minimum absolute atomic E-state index is 0.174. The molecular formula is C11H16BrNO2S. The van der Waals surface area contributed by atoms with E-state index in [1.165, 1.54) is 0 Å². The van der Waals surface area contributed by atoms with Crippen LogP contribution in [0.3, 0.4) is 0 Å². The predicted octanol–water partition coefficient (Wildman–Crippen LogP) is 2.85. The van der Waals surface area contributed by atoms with E-state index in [0.717, 1.165) is 0 Å². The van der Waals surface area contributed by atoms with Gasteiger partial charge in [0.25, 0.3) is 0 Å². The van der Waals surface area contributed by atoms with E-state index < -0.39 is 9.84 Å². The summed E-state index contributed by atoms with van der Waals surface area (Å²) in [5.41, 5.74) is 6.12. The van der Waals surface area contributed by atoms with Crippen LogP contribution in [0.2, 0.25) is 0 Å². The van der Waals surface area contributed by atoms with Crippen LogP contribution in [0.4, 0.5) is 5.69 Å². The number of nitrogen functional groups attached to an aromatic ring is 1. The average Bonchev–Trinajstić information content (AvgIpc) is 2.14. The van der Waals surface area contributed by atoms with Crippen molar-refractivity contribution >= 4 is 31.5 Å². The van der Waals surface area contributed by atoms with E-state index in [4.69, 9.17) is 5.73 Å². The minimum atomic E-state index is -3.21. The molecule has 3 nitrogen and oxygen atoms in total. The first-order chi connectivity index (χ1) is 7.33. The zero-order chi connectivity index (χ0) is 12.3. The molecule has 0 aliphatic carbocycles. The number of sulfone groups is 1. The molecule has 0 amide bonds. The van der Waals surface area contributed by atoms with Crippen LogP contribution in [-0.4, -0.2) is 14.2 Å². The third kappa shape index (κ3) is 3.49. The molecule has 0 heterocycles. The lowest BCUT2D eigenvalue weighted by molar-refractivity contribution is 0.573. The molecule has 0 bridgehead atoms. The summed E-state index contributed by atoms with van der Waals surface area (Å²) in [4.78, 5) is 0.322. The van der Waals surface area contributed by atoms with Gasteiger partial charge >= 0.3 is 0 Å².